The third-order valence-electron chi connectivity index (χ3n) is 1.67. The van der Waals surface area contributed by atoms with E-state index >= 15 is 0 Å². The monoisotopic (exact) mass is 165 g/mol. The first-order valence-corrected chi connectivity index (χ1v) is 3.66. The summed E-state index contributed by atoms with van der Waals surface area (Å²) in [5.74, 6) is 0. The van der Waals surface area contributed by atoms with Crippen molar-refractivity contribution in [3.63, 3.8) is 0 Å². The van der Waals surface area contributed by atoms with Crippen LogP contribution in [0.15, 0.2) is 0 Å². The van der Waals surface area contributed by atoms with Crippen molar-refractivity contribution in [2.75, 3.05) is 6.54 Å². The lowest BCUT2D eigenvalue weighted by Gasteiger charge is -2.10. The van der Waals surface area contributed by atoms with Crippen molar-refractivity contribution < 1.29 is 9.18 Å². The highest BCUT2D eigenvalue weighted by Crippen LogP contribution is 2.13. The van der Waals surface area contributed by atoms with Gasteiger partial charge in [0.1, 0.15) is 0 Å². The molecule has 4 heteroatoms. The molecule has 58 valence electrons. The Morgan fingerprint density at radius 2 is 2.50 bits per heavy atom. The molecule has 0 radical (unpaired) electrons. The molecule has 0 aromatic heterocycles. The number of alkyl halides is 1. The molecule has 1 fully saturated rings. The van der Waals surface area contributed by atoms with Gasteiger partial charge in [-0.3, -0.25) is 4.79 Å². The van der Waals surface area contributed by atoms with E-state index in [9.17, 15) is 9.18 Å². The number of hydrogen-bond acceptors (Lipinski definition) is 2. The van der Waals surface area contributed by atoms with E-state index in [2.05, 4.69) is 5.32 Å². The largest absolute Gasteiger partial charge is 0.311 e. The van der Waals surface area contributed by atoms with Gasteiger partial charge in [0, 0.05) is 6.04 Å². The predicted octanol–water partition coefficient (Wildman–Crippen LogP) is 0.842. The molecular weight excluding hydrogens is 157 g/mol. The van der Waals surface area contributed by atoms with Crippen LogP contribution in [0.2, 0.25) is 0 Å². The molecule has 0 amide bonds. The molecule has 1 aliphatic heterocycles. The van der Waals surface area contributed by atoms with Crippen LogP contribution >= 0.6 is 11.6 Å². The first-order chi connectivity index (χ1) is 4.72. The molecule has 1 saturated heterocycles. The Morgan fingerprint density at radius 1 is 1.80 bits per heavy atom. The molecule has 0 aliphatic carbocycles. The topological polar surface area (TPSA) is 29.1 Å². The smallest absolute Gasteiger partial charge is 0.257 e. The lowest BCUT2D eigenvalue weighted by atomic mass is 10.1. The van der Waals surface area contributed by atoms with Crippen molar-refractivity contribution in [3.05, 3.63) is 0 Å². The van der Waals surface area contributed by atoms with Gasteiger partial charge in [-0.15, -0.1) is 0 Å². The molecule has 1 rings (SSSR count). The minimum absolute atomic E-state index is 0.343. The minimum atomic E-state index is -1.52. The normalized spacial score (nSPS) is 28.4. The van der Waals surface area contributed by atoms with Gasteiger partial charge in [0.05, 0.1) is 0 Å². The molecule has 2 atom stereocenters. The molecule has 1 heterocycles. The van der Waals surface area contributed by atoms with Gasteiger partial charge in [-0.1, -0.05) is 0 Å². The van der Waals surface area contributed by atoms with Crippen LogP contribution in [0.1, 0.15) is 12.8 Å². The van der Waals surface area contributed by atoms with E-state index in [4.69, 9.17) is 11.6 Å². The van der Waals surface area contributed by atoms with Gasteiger partial charge in [-0.05, 0) is 31.0 Å². The fourth-order valence-corrected chi connectivity index (χ4v) is 1.27. The van der Waals surface area contributed by atoms with Crippen LogP contribution in [0.25, 0.3) is 0 Å². The molecule has 0 saturated carbocycles. The molecule has 2 unspecified atom stereocenters. The molecule has 1 aliphatic rings. The van der Waals surface area contributed by atoms with Crippen molar-refractivity contribution in [1.29, 1.82) is 0 Å². The number of carbonyl (C=O) groups excluding carboxylic acids is 1. The van der Waals surface area contributed by atoms with Gasteiger partial charge in [0.2, 0.25) is 0 Å². The van der Waals surface area contributed by atoms with Crippen LogP contribution in [0.3, 0.4) is 0 Å². The molecular formula is C6H9ClFNO. The molecule has 0 aromatic rings. The maximum Gasteiger partial charge on any atom is 0.257 e. The van der Waals surface area contributed by atoms with Gasteiger partial charge in [0.25, 0.3) is 5.24 Å². The van der Waals surface area contributed by atoms with E-state index in [1.807, 2.05) is 0 Å². The third kappa shape index (κ3) is 1.67. The SMILES string of the molecule is O=C(Cl)C(F)C1CCCN1. The van der Waals surface area contributed by atoms with E-state index in [1.54, 1.807) is 0 Å². The second kappa shape index (κ2) is 3.30. The zero-order chi connectivity index (χ0) is 7.56. The standard InChI is InChI=1S/C6H9ClFNO/c7-6(10)5(8)4-2-1-3-9-4/h4-5,9H,1-3H2. The lowest BCUT2D eigenvalue weighted by Crippen LogP contribution is -2.35. The summed E-state index contributed by atoms with van der Waals surface area (Å²) in [4.78, 5) is 10.3. The van der Waals surface area contributed by atoms with Crippen LogP contribution in [0.4, 0.5) is 4.39 Å². The molecule has 0 bridgehead atoms. The van der Waals surface area contributed by atoms with Crippen LogP contribution in [0, 0.1) is 0 Å². The Kier molecular flexibility index (Phi) is 2.63. The molecule has 1 N–H and O–H groups in total. The minimum Gasteiger partial charge on any atom is -0.311 e. The fraction of sp³-hybridized carbons (Fsp3) is 0.833. The zero-order valence-corrected chi connectivity index (χ0v) is 6.20. The number of nitrogens with one attached hydrogen (secondary N) is 1. The van der Waals surface area contributed by atoms with Gasteiger partial charge in [-0.2, -0.15) is 0 Å². The lowest BCUT2D eigenvalue weighted by molar-refractivity contribution is -0.116. The summed E-state index contributed by atoms with van der Waals surface area (Å²) >= 11 is 4.95. The van der Waals surface area contributed by atoms with Gasteiger partial charge in [0.15, 0.2) is 6.17 Å². The second-order valence-corrected chi connectivity index (χ2v) is 2.78. The molecule has 0 aromatic carbocycles. The molecule has 0 spiro atoms. The summed E-state index contributed by atoms with van der Waals surface area (Å²) in [6, 6.07) is -0.343. The summed E-state index contributed by atoms with van der Waals surface area (Å²) in [7, 11) is 0. The summed E-state index contributed by atoms with van der Waals surface area (Å²) < 4.78 is 12.7. The predicted molar refractivity (Wildman–Crippen MR) is 36.8 cm³/mol. The van der Waals surface area contributed by atoms with Gasteiger partial charge in [-0.25, -0.2) is 4.39 Å². The van der Waals surface area contributed by atoms with Gasteiger partial charge < -0.3 is 5.32 Å². The summed E-state index contributed by atoms with van der Waals surface area (Å²) in [6.45, 7) is 0.787. The fourth-order valence-electron chi connectivity index (χ4n) is 1.12. The first-order valence-electron chi connectivity index (χ1n) is 3.28. The van der Waals surface area contributed by atoms with Crippen molar-refractivity contribution in [1.82, 2.24) is 5.32 Å². The number of halogens is 2. The summed E-state index contributed by atoms with van der Waals surface area (Å²) in [5.41, 5.74) is 0. The zero-order valence-electron chi connectivity index (χ0n) is 5.44. The second-order valence-electron chi connectivity index (χ2n) is 2.41. The van der Waals surface area contributed by atoms with Gasteiger partial charge >= 0.3 is 0 Å². The average Bonchev–Trinajstić information content (AvgIpc) is 2.36. The summed E-state index contributed by atoms with van der Waals surface area (Å²) in [5, 5.41) is 1.97. The van der Waals surface area contributed by atoms with E-state index in [-0.39, 0.29) is 6.04 Å². The third-order valence-corrected chi connectivity index (χ3v) is 1.88. The Hall–Kier alpha value is -0.150. The summed E-state index contributed by atoms with van der Waals surface area (Å²) in [6.07, 6.45) is 0.110. The van der Waals surface area contributed by atoms with E-state index in [0.717, 1.165) is 13.0 Å². The highest BCUT2D eigenvalue weighted by atomic mass is 35.5. The van der Waals surface area contributed by atoms with Crippen molar-refractivity contribution >= 4 is 16.8 Å². The Balaban J connectivity index is 2.39. The quantitative estimate of drug-likeness (QED) is 0.615. The van der Waals surface area contributed by atoms with Crippen LogP contribution in [-0.4, -0.2) is 24.0 Å². The Labute approximate surface area is 63.7 Å². The van der Waals surface area contributed by atoms with Crippen molar-refractivity contribution in [2.24, 2.45) is 0 Å². The molecule has 10 heavy (non-hydrogen) atoms. The number of carbonyl (C=O) groups is 1. The Bertz CT molecular complexity index is 136. The number of hydrogen-bond donors (Lipinski definition) is 1. The van der Waals surface area contributed by atoms with E-state index in [0.29, 0.717) is 6.42 Å². The van der Waals surface area contributed by atoms with Crippen LogP contribution in [0.5, 0.6) is 0 Å². The van der Waals surface area contributed by atoms with E-state index < -0.39 is 11.4 Å². The molecule has 2 nitrogen and oxygen atoms in total. The Morgan fingerprint density at radius 3 is 2.90 bits per heavy atom. The van der Waals surface area contributed by atoms with Crippen LogP contribution < -0.4 is 5.32 Å². The van der Waals surface area contributed by atoms with Crippen molar-refractivity contribution in [2.45, 2.75) is 25.1 Å². The van der Waals surface area contributed by atoms with Crippen molar-refractivity contribution in [3.8, 4) is 0 Å². The maximum absolute atomic E-state index is 12.7. The average molecular weight is 166 g/mol. The van der Waals surface area contributed by atoms with E-state index in [1.165, 1.54) is 0 Å². The highest BCUT2D eigenvalue weighted by molar-refractivity contribution is 6.64. The number of rotatable bonds is 2. The maximum atomic E-state index is 12.7. The van der Waals surface area contributed by atoms with Crippen LogP contribution in [-0.2, 0) is 4.79 Å². The first kappa shape index (κ1) is 7.95. The highest BCUT2D eigenvalue weighted by Gasteiger charge is 2.28.